The standard InChI is InChI=1S/C7H4F4N2/c8-4-1-3(2-13-12)5(9)7(11)6(4)10/h1-2H,12H2. The quantitative estimate of drug-likeness (QED) is 0.180. The summed E-state index contributed by atoms with van der Waals surface area (Å²) in [6.07, 6.45) is 0.681. The molecule has 0 aliphatic rings. The first kappa shape index (κ1) is 9.50. The molecule has 0 fully saturated rings. The van der Waals surface area contributed by atoms with Gasteiger partial charge in [0, 0.05) is 5.56 Å². The molecule has 0 bridgehead atoms. The van der Waals surface area contributed by atoms with Crippen LogP contribution < -0.4 is 5.84 Å². The molecule has 0 unspecified atom stereocenters. The van der Waals surface area contributed by atoms with Crippen molar-refractivity contribution in [2.75, 3.05) is 0 Å². The van der Waals surface area contributed by atoms with Gasteiger partial charge in [0.05, 0.1) is 6.21 Å². The van der Waals surface area contributed by atoms with Gasteiger partial charge in [-0.05, 0) is 6.07 Å². The predicted octanol–water partition coefficient (Wildman–Crippen LogP) is 1.54. The number of benzene rings is 1. The molecule has 0 aromatic heterocycles. The van der Waals surface area contributed by atoms with E-state index in [1.54, 1.807) is 0 Å². The second-order valence-electron chi connectivity index (χ2n) is 2.17. The van der Waals surface area contributed by atoms with Gasteiger partial charge in [-0.1, -0.05) is 0 Å². The van der Waals surface area contributed by atoms with Gasteiger partial charge >= 0.3 is 0 Å². The van der Waals surface area contributed by atoms with E-state index in [0.29, 0.717) is 12.3 Å². The second kappa shape index (κ2) is 3.42. The Morgan fingerprint density at radius 2 is 1.69 bits per heavy atom. The molecule has 0 saturated carbocycles. The van der Waals surface area contributed by atoms with Crippen molar-refractivity contribution < 1.29 is 17.6 Å². The summed E-state index contributed by atoms with van der Waals surface area (Å²) in [5.74, 6) is -2.12. The third kappa shape index (κ3) is 1.61. The largest absolute Gasteiger partial charge is 0.323 e. The van der Waals surface area contributed by atoms with Crippen LogP contribution in [0.1, 0.15) is 5.56 Å². The number of halogens is 4. The van der Waals surface area contributed by atoms with Gasteiger partial charge in [-0.25, -0.2) is 17.6 Å². The van der Waals surface area contributed by atoms with Crippen LogP contribution in [0.15, 0.2) is 11.2 Å². The fourth-order valence-corrected chi connectivity index (χ4v) is 0.765. The molecular formula is C7H4F4N2. The number of hydrazone groups is 1. The zero-order valence-corrected chi connectivity index (χ0v) is 6.19. The highest BCUT2D eigenvalue weighted by atomic mass is 19.2. The summed E-state index contributed by atoms with van der Waals surface area (Å²) in [7, 11) is 0. The van der Waals surface area contributed by atoms with E-state index in [-0.39, 0.29) is 0 Å². The smallest absolute Gasteiger partial charge is 0.198 e. The lowest BCUT2D eigenvalue weighted by Gasteiger charge is -1.99. The first-order chi connectivity index (χ1) is 6.07. The van der Waals surface area contributed by atoms with Gasteiger partial charge in [-0.2, -0.15) is 5.10 Å². The fraction of sp³-hybridized carbons (Fsp3) is 0. The molecular weight excluding hydrogens is 188 g/mol. The number of nitrogens with zero attached hydrogens (tertiary/aromatic N) is 1. The number of nitrogens with two attached hydrogens (primary N) is 1. The Labute approximate surface area is 70.7 Å². The van der Waals surface area contributed by atoms with E-state index in [1.807, 2.05) is 0 Å². The maximum absolute atomic E-state index is 12.7. The Morgan fingerprint density at radius 3 is 2.23 bits per heavy atom. The molecule has 0 radical (unpaired) electrons. The normalized spacial score (nSPS) is 11.1. The molecule has 1 aromatic rings. The van der Waals surface area contributed by atoms with Crippen molar-refractivity contribution in [1.29, 1.82) is 0 Å². The van der Waals surface area contributed by atoms with E-state index < -0.39 is 28.8 Å². The van der Waals surface area contributed by atoms with E-state index in [4.69, 9.17) is 0 Å². The maximum atomic E-state index is 12.7. The summed E-state index contributed by atoms with van der Waals surface area (Å²) in [6, 6.07) is 0.462. The van der Waals surface area contributed by atoms with E-state index in [1.165, 1.54) is 0 Å². The highest BCUT2D eigenvalue weighted by Crippen LogP contribution is 2.17. The van der Waals surface area contributed by atoms with Crippen molar-refractivity contribution in [3.05, 3.63) is 34.9 Å². The van der Waals surface area contributed by atoms with Gasteiger partial charge in [0.15, 0.2) is 23.3 Å². The lowest BCUT2D eigenvalue weighted by Crippen LogP contribution is -2.01. The van der Waals surface area contributed by atoms with Crippen LogP contribution in [0.5, 0.6) is 0 Å². The summed E-state index contributed by atoms with van der Waals surface area (Å²) in [6.45, 7) is 0. The Hall–Kier alpha value is -1.59. The van der Waals surface area contributed by atoms with Crippen LogP contribution in [0, 0.1) is 23.3 Å². The third-order valence-corrected chi connectivity index (χ3v) is 1.34. The molecule has 2 nitrogen and oxygen atoms in total. The molecule has 0 atom stereocenters. The summed E-state index contributed by atoms with van der Waals surface area (Å²) in [5, 5.41) is 2.86. The highest BCUT2D eigenvalue weighted by molar-refractivity contribution is 5.79. The van der Waals surface area contributed by atoms with Crippen LogP contribution in [0.25, 0.3) is 0 Å². The average molecular weight is 192 g/mol. The Morgan fingerprint density at radius 1 is 1.08 bits per heavy atom. The molecule has 13 heavy (non-hydrogen) atoms. The molecule has 6 heteroatoms. The molecule has 0 amide bonds. The lowest BCUT2D eigenvalue weighted by atomic mass is 10.2. The van der Waals surface area contributed by atoms with E-state index in [0.717, 1.165) is 0 Å². The zero-order chi connectivity index (χ0) is 10.0. The van der Waals surface area contributed by atoms with Crippen LogP contribution >= 0.6 is 0 Å². The first-order valence-electron chi connectivity index (χ1n) is 3.14. The molecule has 0 heterocycles. The van der Waals surface area contributed by atoms with E-state index >= 15 is 0 Å². The molecule has 0 saturated heterocycles. The number of hydrogen-bond donors (Lipinski definition) is 1. The molecule has 0 aliphatic carbocycles. The van der Waals surface area contributed by atoms with Crippen molar-refractivity contribution in [1.82, 2.24) is 0 Å². The third-order valence-electron chi connectivity index (χ3n) is 1.34. The summed E-state index contributed by atoms with van der Waals surface area (Å²) in [5.41, 5.74) is -0.543. The Bertz CT molecular complexity index is 362. The summed E-state index contributed by atoms with van der Waals surface area (Å²) in [4.78, 5) is 0. The molecule has 2 N–H and O–H groups in total. The summed E-state index contributed by atoms with van der Waals surface area (Å²) >= 11 is 0. The molecule has 0 spiro atoms. The minimum atomic E-state index is -1.88. The topological polar surface area (TPSA) is 38.4 Å². The molecule has 0 aliphatic heterocycles. The van der Waals surface area contributed by atoms with Gasteiger partial charge in [0.25, 0.3) is 0 Å². The minimum Gasteiger partial charge on any atom is -0.323 e. The van der Waals surface area contributed by atoms with Gasteiger partial charge < -0.3 is 5.84 Å². The number of hydrogen-bond acceptors (Lipinski definition) is 2. The zero-order valence-electron chi connectivity index (χ0n) is 6.19. The number of rotatable bonds is 1. The molecule has 70 valence electrons. The molecule has 1 rings (SSSR count). The van der Waals surface area contributed by atoms with Crippen LogP contribution in [0.3, 0.4) is 0 Å². The first-order valence-corrected chi connectivity index (χ1v) is 3.14. The van der Waals surface area contributed by atoms with Gasteiger partial charge in [0.2, 0.25) is 0 Å². The Balaban J connectivity index is 3.40. The van der Waals surface area contributed by atoms with Gasteiger partial charge in [-0.15, -0.1) is 0 Å². The Kier molecular flexibility index (Phi) is 2.50. The highest BCUT2D eigenvalue weighted by Gasteiger charge is 2.17. The minimum absolute atomic E-state index is 0.462. The maximum Gasteiger partial charge on any atom is 0.198 e. The monoisotopic (exact) mass is 192 g/mol. The fourth-order valence-electron chi connectivity index (χ4n) is 0.765. The van der Waals surface area contributed by atoms with Crippen molar-refractivity contribution in [3.63, 3.8) is 0 Å². The van der Waals surface area contributed by atoms with Crippen LogP contribution in [-0.4, -0.2) is 6.21 Å². The van der Waals surface area contributed by atoms with Gasteiger partial charge in [0.1, 0.15) is 0 Å². The van der Waals surface area contributed by atoms with E-state index in [2.05, 4.69) is 10.9 Å². The van der Waals surface area contributed by atoms with Crippen molar-refractivity contribution >= 4 is 6.21 Å². The second-order valence-corrected chi connectivity index (χ2v) is 2.17. The lowest BCUT2D eigenvalue weighted by molar-refractivity contribution is 0.408. The van der Waals surface area contributed by atoms with E-state index in [9.17, 15) is 17.6 Å². The van der Waals surface area contributed by atoms with Crippen molar-refractivity contribution in [3.8, 4) is 0 Å². The molecule has 1 aromatic carbocycles. The predicted molar refractivity (Wildman–Crippen MR) is 38.1 cm³/mol. The van der Waals surface area contributed by atoms with Crippen LogP contribution in [0.2, 0.25) is 0 Å². The average Bonchev–Trinajstić information content (AvgIpc) is 2.11. The van der Waals surface area contributed by atoms with Crippen molar-refractivity contribution in [2.45, 2.75) is 0 Å². The van der Waals surface area contributed by atoms with Crippen LogP contribution in [-0.2, 0) is 0 Å². The SMILES string of the molecule is NN=Cc1cc(F)c(F)c(F)c1F. The van der Waals surface area contributed by atoms with Crippen molar-refractivity contribution in [2.24, 2.45) is 10.9 Å². The summed E-state index contributed by atoms with van der Waals surface area (Å²) < 4.78 is 50.0. The van der Waals surface area contributed by atoms with Crippen LogP contribution in [0.4, 0.5) is 17.6 Å². The van der Waals surface area contributed by atoms with Gasteiger partial charge in [-0.3, -0.25) is 0 Å².